The first-order valence-electron chi connectivity index (χ1n) is 6.87. The Hall–Kier alpha value is -0.850. The van der Waals surface area contributed by atoms with Crippen LogP contribution < -0.4 is 5.73 Å². The van der Waals surface area contributed by atoms with Crippen LogP contribution in [0.2, 0.25) is 0 Å². The smallest absolute Gasteiger partial charge is 0.244 e. The average Bonchev–Trinajstić information content (AvgIpc) is 2.71. The molecule has 2 N–H and O–H groups in total. The molecule has 108 valence electrons. The number of hydrogen-bond acceptors (Lipinski definition) is 3. The summed E-state index contributed by atoms with van der Waals surface area (Å²) in [7, 11) is -1.69. The van der Waals surface area contributed by atoms with E-state index >= 15 is 0 Å². The Morgan fingerprint density at radius 2 is 2.16 bits per heavy atom. The molecular weight excluding hydrogens is 262 g/mol. The fraction of sp³-hybridized carbons (Fsp3) is 0.692. The Labute approximate surface area is 115 Å². The molecule has 0 aliphatic heterocycles. The quantitative estimate of drug-likeness (QED) is 0.862. The Kier molecular flexibility index (Phi) is 4.32. The molecule has 2 rings (SSSR count). The summed E-state index contributed by atoms with van der Waals surface area (Å²) >= 11 is 0. The maximum atomic E-state index is 12.5. The van der Waals surface area contributed by atoms with E-state index in [0.717, 1.165) is 37.9 Å². The van der Waals surface area contributed by atoms with Crippen LogP contribution in [0.1, 0.15) is 38.3 Å². The second-order valence-corrected chi connectivity index (χ2v) is 7.17. The van der Waals surface area contributed by atoms with Crippen molar-refractivity contribution in [1.29, 1.82) is 0 Å². The molecule has 6 heteroatoms. The van der Waals surface area contributed by atoms with Gasteiger partial charge in [-0.15, -0.1) is 0 Å². The van der Waals surface area contributed by atoms with E-state index in [9.17, 15) is 8.42 Å². The van der Waals surface area contributed by atoms with E-state index in [2.05, 4.69) is 6.92 Å². The van der Waals surface area contributed by atoms with E-state index in [4.69, 9.17) is 5.73 Å². The summed E-state index contributed by atoms with van der Waals surface area (Å²) < 4.78 is 28.5. The van der Waals surface area contributed by atoms with Crippen LogP contribution in [0.3, 0.4) is 0 Å². The van der Waals surface area contributed by atoms with Crippen LogP contribution in [0.15, 0.2) is 17.2 Å². The minimum Gasteiger partial charge on any atom is -0.349 e. The summed E-state index contributed by atoms with van der Waals surface area (Å²) in [6.45, 7) is 3.23. The van der Waals surface area contributed by atoms with Crippen molar-refractivity contribution in [2.45, 2.75) is 56.6 Å². The molecule has 5 nitrogen and oxygen atoms in total. The number of nitrogens with zero attached hydrogens (tertiary/aromatic N) is 2. The molecule has 0 spiro atoms. The standard InChI is InChI=1S/C13H23N3O2S/c1-3-7-16-10-13(8-12(16)9-14)19(17,18)15(2)11-5-4-6-11/h8,10-11H,3-7,9,14H2,1-2H3. The third kappa shape index (κ3) is 2.70. The molecule has 0 radical (unpaired) electrons. The van der Waals surface area contributed by atoms with E-state index in [1.54, 1.807) is 19.3 Å². The van der Waals surface area contributed by atoms with Gasteiger partial charge in [-0.3, -0.25) is 0 Å². The summed E-state index contributed by atoms with van der Waals surface area (Å²) in [6.07, 6.45) is 5.73. The fourth-order valence-corrected chi connectivity index (χ4v) is 3.88. The van der Waals surface area contributed by atoms with Crippen LogP contribution in [0, 0.1) is 0 Å². The van der Waals surface area contributed by atoms with Crippen LogP contribution in [-0.2, 0) is 23.1 Å². The maximum Gasteiger partial charge on any atom is 0.244 e. The Morgan fingerprint density at radius 1 is 1.47 bits per heavy atom. The van der Waals surface area contributed by atoms with Gasteiger partial charge < -0.3 is 10.3 Å². The van der Waals surface area contributed by atoms with Crippen molar-refractivity contribution in [1.82, 2.24) is 8.87 Å². The third-order valence-electron chi connectivity index (χ3n) is 3.90. The van der Waals surface area contributed by atoms with Gasteiger partial charge in [0.25, 0.3) is 0 Å². The van der Waals surface area contributed by atoms with Crippen LogP contribution in [0.25, 0.3) is 0 Å². The predicted molar refractivity (Wildman–Crippen MR) is 75.2 cm³/mol. The molecule has 1 fully saturated rings. The summed E-state index contributed by atoms with van der Waals surface area (Å²) in [4.78, 5) is 0.371. The van der Waals surface area contributed by atoms with Crippen LogP contribution in [-0.4, -0.2) is 30.4 Å². The Balaban J connectivity index is 2.29. The van der Waals surface area contributed by atoms with Crippen molar-refractivity contribution < 1.29 is 8.42 Å². The molecule has 0 aromatic carbocycles. The summed E-state index contributed by atoms with van der Waals surface area (Å²) in [5, 5.41) is 0. The molecule has 0 amide bonds. The van der Waals surface area contributed by atoms with Crippen molar-refractivity contribution in [3.8, 4) is 0 Å². The number of aryl methyl sites for hydroxylation is 1. The topological polar surface area (TPSA) is 68.3 Å². The van der Waals surface area contributed by atoms with Gasteiger partial charge >= 0.3 is 0 Å². The Morgan fingerprint density at radius 3 is 2.63 bits per heavy atom. The van der Waals surface area contributed by atoms with Crippen LogP contribution in [0.5, 0.6) is 0 Å². The SMILES string of the molecule is CCCn1cc(S(=O)(=O)N(C)C2CCC2)cc1CN. The van der Waals surface area contributed by atoms with Gasteiger partial charge in [-0.1, -0.05) is 13.3 Å². The van der Waals surface area contributed by atoms with Crippen molar-refractivity contribution in [2.24, 2.45) is 5.73 Å². The van der Waals surface area contributed by atoms with Gasteiger partial charge in [0.15, 0.2) is 0 Å². The predicted octanol–water partition coefficient (Wildman–Crippen LogP) is 1.53. The normalized spacial score (nSPS) is 16.8. The number of sulfonamides is 1. The Bertz CT molecular complexity index is 532. The van der Waals surface area contributed by atoms with E-state index in [1.165, 1.54) is 4.31 Å². The number of nitrogens with two attached hydrogens (primary N) is 1. The van der Waals surface area contributed by atoms with Crippen molar-refractivity contribution >= 4 is 10.0 Å². The van der Waals surface area contributed by atoms with Gasteiger partial charge in [-0.05, 0) is 25.3 Å². The lowest BCUT2D eigenvalue weighted by Gasteiger charge is -2.33. The molecule has 1 aromatic rings. The highest BCUT2D eigenvalue weighted by Crippen LogP contribution is 2.29. The molecule has 1 saturated carbocycles. The molecule has 0 bridgehead atoms. The highest BCUT2D eigenvalue weighted by atomic mass is 32.2. The van der Waals surface area contributed by atoms with Crippen molar-refractivity contribution in [3.63, 3.8) is 0 Å². The van der Waals surface area contributed by atoms with E-state index in [1.807, 2.05) is 4.57 Å². The summed E-state index contributed by atoms with van der Waals surface area (Å²) in [5.74, 6) is 0. The van der Waals surface area contributed by atoms with E-state index in [0.29, 0.717) is 11.4 Å². The number of hydrogen-bond donors (Lipinski definition) is 1. The first kappa shape index (κ1) is 14.6. The maximum absolute atomic E-state index is 12.5. The van der Waals surface area contributed by atoms with Crippen LogP contribution >= 0.6 is 0 Å². The minimum absolute atomic E-state index is 0.167. The molecule has 0 atom stereocenters. The molecule has 0 unspecified atom stereocenters. The fourth-order valence-electron chi connectivity index (χ4n) is 2.40. The molecule has 1 aromatic heterocycles. The van der Waals surface area contributed by atoms with E-state index in [-0.39, 0.29) is 6.04 Å². The summed E-state index contributed by atoms with van der Waals surface area (Å²) in [5.41, 5.74) is 6.56. The third-order valence-corrected chi connectivity index (χ3v) is 5.78. The zero-order valence-corrected chi connectivity index (χ0v) is 12.5. The van der Waals surface area contributed by atoms with Crippen molar-refractivity contribution in [3.05, 3.63) is 18.0 Å². The average molecular weight is 285 g/mol. The van der Waals surface area contributed by atoms with E-state index < -0.39 is 10.0 Å². The highest BCUT2D eigenvalue weighted by molar-refractivity contribution is 7.89. The molecular formula is C13H23N3O2S. The second kappa shape index (κ2) is 5.64. The molecule has 1 aliphatic rings. The zero-order valence-electron chi connectivity index (χ0n) is 11.7. The monoisotopic (exact) mass is 285 g/mol. The first-order valence-corrected chi connectivity index (χ1v) is 8.31. The molecule has 1 heterocycles. The van der Waals surface area contributed by atoms with Gasteiger partial charge in [0.2, 0.25) is 10.0 Å². The molecule has 1 aliphatic carbocycles. The lowest BCUT2D eigenvalue weighted by atomic mass is 9.94. The highest BCUT2D eigenvalue weighted by Gasteiger charge is 2.32. The largest absolute Gasteiger partial charge is 0.349 e. The lowest BCUT2D eigenvalue weighted by molar-refractivity contribution is 0.249. The van der Waals surface area contributed by atoms with Gasteiger partial charge in [0, 0.05) is 38.1 Å². The van der Waals surface area contributed by atoms with Crippen molar-refractivity contribution in [2.75, 3.05) is 7.05 Å². The van der Waals surface area contributed by atoms with Gasteiger partial charge in [0.1, 0.15) is 4.90 Å². The first-order chi connectivity index (χ1) is 9.00. The lowest BCUT2D eigenvalue weighted by Crippen LogP contribution is -2.41. The molecule has 19 heavy (non-hydrogen) atoms. The number of rotatable bonds is 6. The van der Waals surface area contributed by atoms with Crippen LogP contribution in [0.4, 0.5) is 0 Å². The molecule has 0 saturated heterocycles. The minimum atomic E-state index is -3.37. The second-order valence-electron chi connectivity index (χ2n) is 5.17. The van der Waals surface area contributed by atoms with Gasteiger partial charge in [-0.25, -0.2) is 8.42 Å². The summed E-state index contributed by atoms with van der Waals surface area (Å²) in [6, 6.07) is 1.88. The number of aromatic nitrogens is 1. The van der Waals surface area contributed by atoms with Gasteiger partial charge in [-0.2, -0.15) is 4.31 Å². The zero-order chi connectivity index (χ0) is 14.0. The van der Waals surface area contributed by atoms with Gasteiger partial charge in [0.05, 0.1) is 0 Å².